The minimum absolute atomic E-state index is 0.338. The van der Waals surface area contributed by atoms with Crippen LogP contribution in [0.2, 0.25) is 0 Å². The summed E-state index contributed by atoms with van der Waals surface area (Å²) in [5.41, 5.74) is 0.676. The third-order valence-electron chi connectivity index (χ3n) is 6.06. The number of hydrogen-bond donors (Lipinski definition) is 0. The predicted octanol–water partition coefficient (Wildman–Crippen LogP) is 4.09. The van der Waals surface area contributed by atoms with Crippen molar-refractivity contribution >= 4 is 0 Å². The molecule has 2 nitrogen and oxygen atoms in total. The molecular formula is C17H33NO. The molecule has 1 aliphatic carbocycles. The summed E-state index contributed by atoms with van der Waals surface area (Å²) < 4.78 is 5.52. The molecule has 0 aromatic rings. The SMILES string of the molecule is COC1CCC(C2CC(C)(C)N(C)C(C)(C)C2)CC1. The van der Waals surface area contributed by atoms with Crippen LogP contribution in [-0.2, 0) is 4.74 Å². The number of methoxy groups -OCH3 is 1. The van der Waals surface area contributed by atoms with E-state index in [9.17, 15) is 0 Å². The topological polar surface area (TPSA) is 12.5 Å². The maximum absolute atomic E-state index is 5.52. The van der Waals surface area contributed by atoms with Crippen molar-refractivity contribution in [3.05, 3.63) is 0 Å². The van der Waals surface area contributed by atoms with Gasteiger partial charge in [-0.15, -0.1) is 0 Å². The van der Waals surface area contributed by atoms with Crippen LogP contribution in [0.4, 0.5) is 0 Å². The van der Waals surface area contributed by atoms with Crippen LogP contribution in [0, 0.1) is 11.8 Å². The highest BCUT2D eigenvalue weighted by Crippen LogP contribution is 2.46. The number of ether oxygens (including phenoxy) is 1. The van der Waals surface area contributed by atoms with Gasteiger partial charge in [0.15, 0.2) is 0 Å². The molecule has 1 heterocycles. The van der Waals surface area contributed by atoms with E-state index in [4.69, 9.17) is 4.74 Å². The molecular weight excluding hydrogens is 234 g/mol. The van der Waals surface area contributed by atoms with Crippen LogP contribution in [-0.4, -0.2) is 36.2 Å². The average Bonchev–Trinajstić information content (AvgIpc) is 2.35. The molecule has 0 unspecified atom stereocenters. The van der Waals surface area contributed by atoms with E-state index in [0.717, 1.165) is 11.8 Å². The van der Waals surface area contributed by atoms with Crippen molar-refractivity contribution in [2.75, 3.05) is 14.2 Å². The summed E-state index contributed by atoms with van der Waals surface area (Å²) in [5, 5.41) is 0. The van der Waals surface area contributed by atoms with Gasteiger partial charge in [-0.2, -0.15) is 0 Å². The van der Waals surface area contributed by atoms with Gasteiger partial charge in [-0.1, -0.05) is 0 Å². The van der Waals surface area contributed by atoms with Crippen molar-refractivity contribution in [2.45, 2.75) is 83.4 Å². The van der Waals surface area contributed by atoms with Gasteiger partial charge in [0.25, 0.3) is 0 Å². The Morgan fingerprint density at radius 1 is 0.842 bits per heavy atom. The lowest BCUT2D eigenvalue weighted by Gasteiger charge is -2.55. The molecule has 1 saturated heterocycles. The van der Waals surface area contributed by atoms with E-state index in [2.05, 4.69) is 39.6 Å². The summed E-state index contributed by atoms with van der Waals surface area (Å²) in [5.74, 6) is 1.83. The molecule has 0 bridgehead atoms. The van der Waals surface area contributed by atoms with Crippen LogP contribution >= 0.6 is 0 Å². The Bertz CT molecular complexity index is 284. The van der Waals surface area contributed by atoms with E-state index in [-0.39, 0.29) is 0 Å². The Morgan fingerprint density at radius 2 is 1.32 bits per heavy atom. The zero-order valence-corrected chi connectivity index (χ0v) is 13.8. The lowest BCUT2D eigenvalue weighted by atomic mass is 9.66. The zero-order chi connectivity index (χ0) is 14.3. The molecule has 0 spiro atoms. The molecule has 0 radical (unpaired) electrons. The molecule has 2 rings (SSSR count). The van der Waals surface area contributed by atoms with Crippen LogP contribution in [0.3, 0.4) is 0 Å². The Balaban J connectivity index is 2.02. The Labute approximate surface area is 119 Å². The fourth-order valence-corrected chi connectivity index (χ4v) is 4.58. The van der Waals surface area contributed by atoms with Gasteiger partial charge in [0.1, 0.15) is 0 Å². The highest BCUT2D eigenvalue weighted by molar-refractivity contribution is 5.00. The van der Waals surface area contributed by atoms with Gasteiger partial charge >= 0.3 is 0 Å². The van der Waals surface area contributed by atoms with Crippen LogP contribution < -0.4 is 0 Å². The highest BCUT2D eigenvalue weighted by atomic mass is 16.5. The molecule has 2 heteroatoms. The van der Waals surface area contributed by atoms with E-state index < -0.39 is 0 Å². The largest absolute Gasteiger partial charge is 0.381 e. The van der Waals surface area contributed by atoms with Gasteiger partial charge in [0.05, 0.1) is 6.10 Å². The van der Waals surface area contributed by atoms with Crippen LogP contribution in [0.5, 0.6) is 0 Å². The smallest absolute Gasteiger partial charge is 0.0571 e. The quantitative estimate of drug-likeness (QED) is 0.747. The van der Waals surface area contributed by atoms with Gasteiger partial charge in [0.2, 0.25) is 0 Å². The van der Waals surface area contributed by atoms with Crippen LogP contribution in [0.25, 0.3) is 0 Å². The molecule has 0 aromatic heterocycles. The summed E-state index contributed by atoms with van der Waals surface area (Å²) in [6, 6.07) is 0. The summed E-state index contributed by atoms with van der Waals surface area (Å²) >= 11 is 0. The number of hydrogen-bond acceptors (Lipinski definition) is 2. The Hall–Kier alpha value is -0.0800. The average molecular weight is 267 g/mol. The molecule has 1 aliphatic heterocycles. The van der Waals surface area contributed by atoms with Crippen molar-refractivity contribution in [2.24, 2.45) is 11.8 Å². The monoisotopic (exact) mass is 267 g/mol. The standard InChI is InChI=1S/C17H33NO/c1-16(2)11-14(12-17(3,4)18(16)5)13-7-9-15(19-6)10-8-13/h13-15H,7-12H2,1-6H3. The second-order valence-corrected chi connectivity index (χ2v) is 8.12. The molecule has 0 N–H and O–H groups in total. The number of likely N-dealkylation sites (tertiary alicyclic amines) is 1. The summed E-state index contributed by atoms with van der Waals surface area (Å²) in [7, 11) is 4.17. The predicted molar refractivity (Wildman–Crippen MR) is 81.4 cm³/mol. The molecule has 19 heavy (non-hydrogen) atoms. The maximum atomic E-state index is 5.52. The van der Waals surface area contributed by atoms with E-state index in [0.29, 0.717) is 17.2 Å². The Morgan fingerprint density at radius 3 is 1.74 bits per heavy atom. The summed E-state index contributed by atoms with van der Waals surface area (Å²) in [4.78, 5) is 2.59. The minimum atomic E-state index is 0.338. The fourth-order valence-electron chi connectivity index (χ4n) is 4.58. The molecule has 0 aromatic carbocycles. The number of piperidine rings is 1. The van der Waals surface area contributed by atoms with Gasteiger partial charge in [-0.05, 0) is 85.1 Å². The maximum Gasteiger partial charge on any atom is 0.0571 e. The minimum Gasteiger partial charge on any atom is -0.381 e. The second-order valence-electron chi connectivity index (χ2n) is 8.12. The van der Waals surface area contributed by atoms with Gasteiger partial charge in [0, 0.05) is 18.2 Å². The normalized spacial score (nSPS) is 36.3. The van der Waals surface area contributed by atoms with Crippen LogP contribution in [0.1, 0.15) is 66.2 Å². The van der Waals surface area contributed by atoms with Crippen molar-refractivity contribution in [3.8, 4) is 0 Å². The summed E-state index contributed by atoms with van der Waals surface area (Å²) in [6.07, 6.45) is 8.54. The van der Waals surface area contributed by atoms with Crippen molar-refractivity contribution in [1.82, 2.24) is 4.90 Å². The Kier molecular flexibility index (Phi) is 4.32. The molecule has 2 aliphatic rings. The molecule has 0 amide bonds. The van der Waals surface area contributed by atoms with Crippen LogP contribution in [0.15, 0.2) is 0 Å². The van der Waals surface area contributed by atoms with E-state index in [1.165, 1.54) is 38.5 Å². The lowest BCUT2D eigenvalue weighted by Crippen LogP contribution is -2.59. The first-order chi connectivity index (χ1) is 8.76. The third-order valence-corrected chi connectivity index (χ3v) is 6.06. The molecule has 112 valence electrons. The molecule has 2 fully saturated rings. The number of nitrogens with zero attached hydrogens (tertiary/aromatic N) is 1. The first-order valence-corrected chi connectivity index (χ1v) is 8.03. The highest BCUT2D eigenvalue weighted by Gasteiger charge is 2.45. The molecule has 1 saturated carbocycles. The van der Waals surface area contributed by atoms with Crippen molar-refractivity contribution in [3.63, 3.8) is 0 Å². The van der Waals surface area contributed by atoms with Gasteiger partial charge < -0.3 is 4.74 Å². The third kappa shape index (κ3) is 3.16. The van der Waals surface area contributed by atoms with Crippen molar-refractivity contribution < 1.29 is 4.74 Å². The van der Waals surface area contributed by atoms with E-state index in [1.807, 2.05) is 7.11 Å². The molecule has 0 atom stereocenters. The summed E-state index contributed by atoms with van der Waals surface area (Å²) in [6.45, 7) is 9.67. The second kappa shape index (κ2) is 5.37. The van der Waals surface area contributed by atoms with Gasteiger partial charge in [-0.25, -0.2) is 0 Å². The fraction of sp³-hybridized carbons (Fsp3) is 1.00. The zero-order valence-electron chi connectivity index (χ0n) is 13.8. The van der Waals surface area contributed by atoms with E-state index >= 15 is 0 Å². The lowest BCUT2D eigenvalue weighted by molar-refractivity contribution is -0.0547. The van der Waals surface area contributed by atoms with Crippen molar-refractivity contribution in [1.29, 1.82) is 0 Å². The first kappa shape index (κ1) is 15.3. The van der Waals surface area contributed by atoms with Gasteiger partial charge in [-0.3, -0.25) is 4.90 Å². The number of rotatable bonds is 2. The first-order valence-electron chi connectivity index (χ1n) is 8.03. The van der Waals surface area contributed by atoms with E-state index in [1.54, 1.807) is 0 Å².